The third-order valence-corrected chi connectivity index (χ3v) is 1.56. The zero-order valence-corrected chi connectivity index (χ0v) is 7.33. The van der Waals surface area contributed by atoms with Gasteiger partial charge in [-0.3, -0.25) is 0 Å². The zero-order valence-electron chi connectivity index (χ0n) is 7.33. The summed E-state index contributed by atoms with van der Waals surface area (Å²) in [6.45, 7) is 0.658. The molecule has 1 rings (SSSR count). The van der Waals surface area contributed by atoms with E-state index in [0.717, 1.165) is 6.07 Å². The third kappa shape index (κ3) is 2.17. The van der Waals surface area contributed by atoms with E-state index in [9.17, 15) is 9.18 Å². The summed E-state index contributed by atoms with van der Waals surface area (Å²) in [4.78, 5) is 14.2. The average Bonchev–Trinajstić information content (AvgIpc) is 2.16. The normalized spacial score (nSPS) is 9.86. The van der Waals surface area contributed by atoms with E-state index in [4.69, 9.17) is 10.8 Å². The maximum absolute atomic E-state index is 13.3. The van der Waals surface area contributed by atoms with Crippen LogP contribution in [0.3, 0.4) is 0 Å². The number of nitrogens with zero attached hydrogens (tertiary/aromatic N) is 1. The number of aromatic carboxylic acids is 1. The lowest BCUT2D eigenvalue weighted by Gasteiger charge is -2.05. The number of anilines is 1. The number of rotatable bonds is 4. The Morgan fingerprint density at radius 1 is 1.71 bits per heavy atom. The van der Waals surface area contributed by atoms with Crippen LogP contribution < -0.4 is 11.1 Å². The lowest BCUT2D eigenvalue weighted by Crippen LogP contribution is -2.16. The van der Waals surface area contributed by atoms with Gasteiger partial charge in [-0.25, -0.2) is 14.2 Å². The van der Waals surface area contributed by atoms with Crippen molar-refractivity contribution in [3.8, 4) is 0 Å². The first-order valence-corrected chi connectivity index (χ1v) is 3.98. The van der Waals surface area contributed by atoms with Crippen molar-refractivity contribution in [3.05, 3.63) is 23.6 Å². The molecule has 0 radical (unpaired) electrons. The van der Waals surface area contributed by atoms with E-state index in [-0.39, 0.29) is 5.82 Å². The van der Waals surface area contributed by atoms with Gasteiger partial charge < -0.3 is 16.2 Å². The summed E-state index contributed by atoms with van der Waals surface area (Å²) in [5.74, 6) is -2.27. The summed E-state index contributed by atoms with van der Waals surface area (Å²) < 4.78 is 13.3. The number of pyridine rings is 1. The maximum Gasteiger partial charge on any atom is 0.338 e. The number of hydrogen-bond donors (Lipinski definition) is 3. The Bertz CT molecular complexity index is 343. The lowest BCUT2D eigenvalue weighted by atomic mass is 10.2. The fourth-order valence-corrected chi connectivity index (χ4v) is 0.923. The Morgan fingerprint density at radius 2 is 2.43 bits per heavy atom. The number of aromatic nitrogens is 1. The molecule has 0 aliphatic rings. The summed E-state index contributed by atoms with van der Waals surface area (Å²) in [6, 6.07) is 1.10. The quantitative estimate of drug-likeness (QED) is 0.648. The fraction of sp³-hybridized carbons (Fsp3) is 0.250. The van der Waals surface area contributed by atoms with E-state index >= 15 is 0 Å². The van der Waals surface area contributed by atoms with Crippen LogP contribution in [0.15, 0.2) is 12.3 Å². The van der Waals surface area contributed by atoms with E-state index in [0.29, 0.717) is 13.1 Å². The summed E-state index contributed by atoms with van der Waals surface area (Å²) in [5, 5.41) is 11.2. The molecular formula is C8H10FN3O2. The van der Waals surface area contributed by atoms with Crippen LogP contribution in [0, 0.1) is 5.82 Å². The largest absolute Gasteiger partial charge is 0.478 e. The van der Waals surface area contributed by atoms with Crippen molar-refractivity contribution >= 4 is 11.8 Å². The minimum Gasteiger partial charge on any atom is -0.478 e. The molecule has 0 saturated heterocycles. The van der Waals surface area contributed by atoms with Gasteiger partial charge in [-0.2, -0.15) is 0 Å². The monoisotopic (exact) mass is 199 g/mol. The molecule has 0 fully saturated rings. The van der Waals surface area contributed by atoms with Crippen LogP contribution in [-0.2, 0) is 0 Å². The van der Waals surface area contributed by atoms with Crippen molar-refractivity contribution in [3.63, 3.8) is 0 Å². The van der Waals surface area contributed by atoms with Gasteiger partial charge in [-0.1, -0.05) is 0 Å². The highest BCUT2D eigenvalue weighted by molar-refractivity contribution is 5.88. The Hall–Kier alpha value is -1.69. The van der Waals surface area contributed by atoms with Gasteiger partial charge in [-0.15, -0.1) is 0 Å². The first-order valence-electron chi connectivity index (χ1n) is 3.98. The average molecular weight is 199 g/mol. The highest BCUT2D eigenvalue weighted by atomic mass is 19.1. The molecule has 0 aromatic carbocycles. The molecule has 5 nitrogen and oxygen atoms in total. The number of halogens is 1. The molecule has 0 spiro atoms. The molecule has 0 aliphatic carbocycles. The van der Waals surface area contributed by atoms with Crippen LogP contribution in [-0.4, -0.2) is 29.1 Å². The third-order valence-electron chi connectivity index (χ3n) is 1.56. The Balaban J connectivity index is 2.95. The van der Waals surface area contributed by atoms with E-state index in [1.807, 2.05) is 0 Å². The van der Waals surface area contributed by atoms with Crippen molar-refractivity contribution < 1.29 is 14.3 Å². The van der Waals surface area contributed by atoms with Gasteiger partial charge in [0.05, 0.1) is 0 Å². The molecule has 1 aromatic heterocycles. The topological polar surface area (TPSA) is 88.2 Å². The summed E-state index contributed by atoms with van der Waals surface area (Å²) in [5.41, 5.74) is 4.79. The van der Waals surface area contributed by atoms with Gasteiger partial charge in [0.1, 0.15) is 5.56 Å². The lowest BCUT2D eigenvalue weighted by molar-refractivity contribution is 0.0692. The van der Waals surface area contributed by atoms with Gasteiger partial charge in [0.2, 0.25) is 0 Å². The second kappa shape index (κ2) is 4.52. The van der Waals surface area contributed by atoms with Crippen LogP contribution in [0.4, 0.5) is 10.2 Å². The van der Waals surface area contributed by atoms with Crippen molar-refractivity contribution in [1.29, 1.82) is 0 Å². The highest BCUT2D eigenvalue weighted by Gasteiger charge is 2.14. The molecular weight excluding hydrogens is 189 g/mol. The standard InChI is InChI=1S/C8H10FN3O2/c9-6-5(8(13)14)1-3-11-7(6)12-4-2-10/h1,3H,2,4,10H2,(H,11,12)(H,13,14). The van der Waals surface area contributed by atoms with Gasteiger partial charge in [0.15, 0.2) is 11.6 Å². The molecule has 76 valence electrons. The second-order valence-corrected chi connectivity index (χ2v) is 2.54. The first-order chi connectivity index (χ1) is 6.66. The number of nitrogens with two attached hydrogens (primary N) is 1. The van der Waals surface area contributed by atoms with Crippen molar-refractivity contribution in [2.75, 3.05) is 18.4 Å². The second-order valence-electron chi connectivity index (χ2n) is 2.54. The number of carboxylic acids is 1. The van der Waals surface area contributed by atoms with Crippen LogP contribution in [0.2, 0.25) is 0 Å². The summed E-state index contributed by atoms with van der Waals surface area (Å²) in [6.07, 6.45) is 1.23. The summed E-state index contributed by atoms with van der Waals surface area (Å²) >= 11 is 0. The SMILES string of the molecule is NCCNc1nccc(C(=O)O)c1F. The van der Waals surface area contributed by atoms with E-state index in [2.05, 4.69) is 10.3 Å². The van der Waals surface area contributed by atoms with Crippen LogP contribution >= 0.6 is 0 Å². The number of hydrogen-bond acceptors (Lipinski definition) is 4. The smallest absolute Gasteiger partial charge is 0.338 e. The minimum absolute atomic E-state index is 0.0876. The molecule has 0 bridgehead atoms. The van der Waals surface area contributed by atoms with E-state index in [1.165, 1.54) is 6.20 Å². The van der Waals surface area contributed by atoms with Crippen LogP contribution in [0.1, 0.15) is 10.4 Å². The predicted octanol–water partition coefficient (Wildman–Crippen LogP) is 0.289. The first kappa shape index (κ1) is 10.4. The van der Waals surface area contributed by atoms with Gasteiger partial charge in [0.25, 0.3) is 0 Å². The fourth-order valence-electron chi connectivity index (χ4n) is 0.923. The van der Waals surface area contributed by atoms with Gasteiger partial charge in [0, 0.05) is 19.3 Å². The van der Waals surface area contributed by atoms with E-state index < -0.39 is 17.3 Å². The molecule has 0 unspecified atom stereocenters. The van der Waals surface area contributed by atoms with Crippen molar-refractivity contribution in [2.45, 2.75) is 0 Å². The van der Waals surface area contributed by atoms with Crippen molar-refractivity contribution in [1.82, 2.24) is 4.98 Å². The molecule has 1 aromatic rings. The Kier molecular flexibility index (Phi) is 3.35. The zero-order chi connectivity index (χ0) is 10.6. The van der Waals surface area contributed by atoms with E-state index in [1.54, 1.807) is 0 Å². The molecule has 0 saturated carbocycles. The highest BCUT2D eigenvalue weighted by Crippen LogP contribution is 2.14. The Morgan fingerprint density at radius 3 is 3.00 bits per heavy atom. The predicted molar refractivity (Wildman–Crippen MR) is 48.7 cm³/mol. The molecule has 1 heterocycles. The number of nitrogens with one attached hydrogen (secondary N) is 1. The molecule has 0 amide bonds. The number of carbonyl (C=O) groups is 1. The molecule has 0 aliphatic heterocycles. The molecule has 14 heavy (non-hydrogen) atoms. The maximum atomic E-state index is 13.3. The van der Waals surface area contributed by atoms with Gasteiger partial charge >= 0.3 is 5.97 Å². The van der Waals surface area contributed by atoms with Gasteiger partial charge in [-0.05, 0) is 6.07 Å². The minimum atomic E-state index is -1.32. The van der Waals surface area contributed by atoms with Crippen LogP contribution in [0.25, 0.3) is 0 Å². The Labute approximate surface area is 79.8 Å². The molecule has 0 atom stereocenters. The molecule has 6 heteroatoms. The summed E-state index contributed by atoms with van der Waals surface area (Å²) in [7, 11) is 0. The van der Waals surface area contributed by atoms with Crippen LogP contribution in [0.5, 0.6) is 0 Å². The van der Waals surface area contributed by atoms with Crippen molar-refractivity contribution in [2.24, 2.45) is 5.73 Å². The number of carboxylic acid groups (broad SMARTS) is 1. The molecule has 4 N–H and O–H groups in total.